The van der Waals surface area contributed by atoms with Crippen LogP contribution in [-0.2, 0) is 9.84 Å². The lowest BCUT2D eigenvalue weighted by atomic mass is 10.1. The lowest BCUT2D eigenvalue weighted by Gasteiger charge is -2.11. The largest absolute Gasteiger partial charge is 0.322 e. The van der Waals surface area contributed by atoms with E-state index in [-0.39, 0.29) is 22.6 Å². The number of fused-ring (bicyclic) bond motifs is 1. The normalized spacial score (nSPS) is 11.9. The number of anilines is 1. The Hall–Kier alpha value is -3.04. The van der Waals surface area contributed by atoms with E-state index in [2.05, 4.69) is 10.4 Å². The summed E-state index contributed by atoms with van der Waals surface area (Å²) in [6.07, 6.45) is 1.66. The Morgan fingerprint density at radius 1 is 1.16 bits per heavy atom. The highest BCUT2D eigenvalue weighted by Crippen LogP contribution is 2.31. The minimum Gasteiger partial charge on any atom is -0.322 e. The molecule has 0 aliphatic rings. The molecule has 0 spiro atoms. The van der Waals surface area contributed by atoms with E-state index in [0.29, 0.717) is 28.0 Å². The molecule has 4 aromatic rings. The molecule has 166 valence electrons. The van der Waals surface area contributed by atoms with Gasteiger partial charge >= 0.3 is 0 Å². The number of nitrogens with one attached hydrogen (secondary N) is 1. The minimum absolute atomic E-state index is 0.0263. The molecule has 4 rings (SSSR count). The van der Waals surface area contributed by atoms with Gasteiger partial charge in [-0.15, -0.1) is 11.3 Å². The predicted molar refractivity (Wildman–Crippen MR) is 128 cm³/mol. The number of pyridine rings is 1. The van der Waals surface area contributed by atoms with Crippen LogP contribution in [0.1, 0.15) is 42.0 Å². The van der Waals surface area contributed by atoms with E-state index in [1.54, 1.807) is 47.3 Å². The Bertz CT molecular complexity index is 1400. The molecule has 0 aliphatic carbocycles. The number of aromatic nitrogens is 3. The number of hydrogen-bond acceptors (Lipinski definition) is 6. The number of carbonyl (C=O) groups excluding carboxylic acids is 1. The molecule has 1 amide bonds. The molecule has 0 fully saturated rings. The lowest BCUT2D eigenvalue weighted by molar-refractivity contribution is 0.102. The zero-order chi connectivity index (χ0) is 23.0. The number of hydrogen-bond donors (Lipinski definition) is 1. The second-order valence-electron chi connectivity index (χ2n) is 7.77. The van der Waals surface area contributed by atoms with E-state index in [1.807, 2.05) is 32.9 Å². The van der Waals surface area contributed by atoms with Crippen molar-refractivity contribution in [2.45, 2.75) is 38.6 Å². The zero-order valence-corrected chi connectivity index (χ0v) is 19.9. The number of sulfone groups is 1. The molecule has 0 saturated heterocycles. The van der Waals surface area contributed by atoms with Crippen LogP contribution in [0.3, 0.4) is 0 Å². The molecule has 0 bridgehead atoms. The standard InChI is InChI=1S/C23H24N4O3S2/c1-5-32(29,30)17-9-7-16(8-10-17)25-23(28)18-12-20(21-11-6-15(4)31-21)26-22-19(18)13-24-27(22)14(2)3/h6-14H,5H2,1-4H3,(H,25,28). The summed E-state index contributed by atoms with van der Waals surface area (Å²) >= 11 is 1.62. The number of nitrogens with zero attached hydrogens (tertiary/aromatic N) is 3. The summed E-state index contributed by atoms with van der Waals surface area (Å²) in [5.74, 6) is -0.278. The first kappa shape index (κ1) is 22.2. The van der Waals surface area contributed by atoms with E-state index in [0.717, 1.165) is 9.75 Å². The quantitative estimate of drug-likeness (QED) is 0.425. The van der Waals surface area contributed by atoms with Gasteiger partial charge in [0.2, 0.25) is 0 Å². The van der Waals surface area contributed by atoms with Crippen LogP contribution >= 0.6 is 11.3 Å². The molecule has 0 atom stereocenters. The first-order valence-corrected chi connectivity index (χ1v) is 12.8. The van der Waals surface area contributed by atoms with Crippen molar-refractivity contribution in [2.75, 3.05) is 11.1 Å². The van der Waals surface area contributed by atoms with Crippen molar-refractivity contribution in [2.24, 2.45) is 0 Å². The first-order chi connectivity index (χ1) is 15.2. The monoisotopic (exact) mass is 468 g/mol. The Labute approximate surface area is 191 Å². The fraction of sp³-hybridized carbons (Fsp3) is 0.261. The van der Waals surface area contributed by atoms with Gasteiger partial charge in [0.05, 0.1) is 38.4 Å². The number of thiophene rings is 1. The molecule has 0 radical (unpaired) electrons. The summed E-state index contributed by atoms with van der Waals surface area (Å²) < 4.78 is 25.9. The maximum Gasteiger partial charge on any atom is 0.256 e. The Morgan fingerprint density at radius 3 is 2.47 bits per heavy atom. The molecule has 1 N–H and O–H groups in total. The number of aryl methyl sites for hydroxylation is 1. The molecular formula is C23H24N4O3S2. The van der Waals surface area contributed by atoms with Crippen molar-refractivity contribution >= 4 is 43.8 Å². The third-order valence-corrected chi connectivity index (χ3v) is 7.92. The molecule has 7 nitrogen and oxygen atoms in total. The van der Waals surface area contributed by atoms with Gasteiger partial charge < -0.3 is 5.32 Å². The van der Waals surface area contributed by atoms with Crippen molar-refractivity contribution in [1.82, 2.24) is 14.8 Å². The maximum absolute atomic E-state index is 13.2. The average molecular weight is 469 g/mol. The highest BCUT2D eigenvalue weighted by atomic mass is 32.2. The number of carbonyl (C=O) groups is 1. The fourth-order valence-corrected chi connectivity index (χ4v) is 5.11. The Kier molecular flexibility index (Phi) is 5.87. The van der Waals surface area contributed by atoms with E-state index in [9.17, 15) is 13.2 Å². The molecule has 1 aromatic carbocycles. The van der Waals surface area contributed by atoms with Gasteiger partial charge in [-0.2, -0.15) is 5.10 Å². The zero-order valence-electron chi connectivity index (χ0n) is 18.3. The molecule has 3 heterocycles. The molecule has 0 unspecified atom stereocenters. The summed E-state index contributed by atoms with van der Waals surface area (Å²) in [6.45, 7) is 7.66. The SMILES string of the molecule is CCS(=O)(=O)c1ccc(NC(=O)c2cc(-c3ccc(C)s3)nc3c2cnn3C(C)C)cc1. The van der Waals surface area contributed by atoms with Crippen LogP contribution in [0, 0.1) is 6.92 Å². The van der Waals surface area contributed by atoms with Crippen LogP contribution in [0.4, 0.5) is 5.69 Å². The maximum atomic E-state index is 13.2. The smallest absolute Gasteiger partial charge is 0.256 e. The average Bonchev–Trinajstić information content (AvgIpc) is 3.39. The van der Waals surface area contributed by atoms with E-state index in [4.69, 9.17) is 4.98 Å². The third-order valence-electron chi connectivity index (χ3n) is 5.14. The summed E-state index contributed by atoms with van der Waals surface area (Å²) in [5.41, 5.74) is 2.35. The van der Waals surface area contributed by atoms with E-state index >= 15 is 0 Å². The molecule has 32 heavy (non-hydrogen) atoms. The minimum atomic E-state index is -3.29. The van der Waals surface area contributed by atoms with Gasteiger partial charge in [-0.3, -0.25) is 4.79 Å². The van der Waals surface area contributed by atoms with Gasteiger partial charge in [-0.05, 0) is 63.2 Å². The second-order valence-corrected chi connectivity index (χ2v) is 11.3. The summed E-state index contributed by atoms with van der Waals surface area (Å²) in [5, 5.41) is 7.98. The third kappa shape index (κ3) is 4.18. The number of rotatable bonds is 6. The molecular weight excluding hydrogens is 444 g/mol. The van der Waals surface area contributed by atoms with Crippen molar-refractivity contribution < 1.29 is 13.2 Å². The van der Waals surface area contributed by atoms with Crippen LogP contribution in [0.2, 0.25) is 0 Å². The lowest BCUT2D eigenvalue weighted by Crippen LogP contribution is -2.13. The number of benzene rings is 1. The van der Waals surface area contributed by atoms with E-state index < -0.39 is 9.84 Å². The van der Waals surface area contributed by atoms with Crippen molar-refractivity contribution in [1.29, 1.82) is 0 Å². The first-order valence-electron chi connectivity index (χ1n) is 10.3. The molecule has 9 heteroatoms. The summed E-state index contributed by atoms with van der Waals surface area (Å²) in [6, 6.07) is 12.1. The molecule has 0 aliphatic heterocycles. The fourth-order valence-electron chi connectivity index (χ4n) is 3.39. The molecule has 0 saturated carbocycles. The van der Waals surface area contributed by atoms with E-state index in [1.165, 1.54) is 12.1 Å². The van der Waals surface area contributed by atoms with Crippen LogP contribution < -0.4 is 5.32 Å². The van der Waals surface area contributed by atoms with Gasteiger partial charge in [0.25, 0.3) is 5.91 Å². The number of amides is 1. The van der Waals surface area contributed by atoms with Gasteiger partial charge in [0.1, 0.15) is 0 Å². The van der Waals surface area contributed by atoms with Crippen molar-refractivity contribution in [3.63, 3.8) is 0 Å². The second kappa shape index (κ2) is 8.48. The summed E-state index contributed by atoms with van der Waals surface area (Å²) in [7, 11) is -3.29. The Morgan fingerprint density at radius 2 is 1.88 bits per heavy atom. The highest BCUT2D eigenvalue weighted by molar-refractivity contribution is 7.91. The van der Waals surface area contributed by atoms with Gasteiger partial charge in [-0.1, -0.05) is 6.92 Å². The van der Waals surface area contributed by atoms with Crippen molar-refractivity contribution in [3.8, 4) is 10.6 Å². The topological polar surface area (TPSA) is 93.9 Å². The van der Waals surface area contributed by atoms with Crippen LogP contribution in [0.15, 0.2) is 53.6 Å². The van der Waals surface area contributed by atoms with Gasteiger partial charge in [-0.25, -0.2) is 18.1 Å². The van der Waals surface area contributed by atoms with Crippen LogP contribution in [0.5, 0.6) is 0 Å². The van der Waals surface area contributed by atoms with Crippen LogP contribution in [-0.4, -0.2) is 34.8 Å². The summed E-state index contributed by atoms with van der Waals surface area (Å²) in [4.78, 5) is 20.4. The van der Waals surface area contributed by atoms with Gasteiger partial charge in [0, 0.05) is 16.6 Å². The highest BCUT2D eigenvalue weighted by Gasteiger charge is 2.19. The molecule has 3 aromatic heterocycles. The van der Waals surface area contributed by atoms with Gasteiger partial charge in [0.15, 0.2) is 15.5 Å². The van der Waals surface area contributed by atoms with Crippen molar-refractivity contribution in [3.05, 3.63) is 59.1 Å². The predicted octanol–water partition coefficient (Wildman–Crippen LogP) is 5.10. The van der Waals surface area contributed by atoms with Crippen LogP contribution in [0.25, 0.3) is 21.6 Å². The Balaban J connectivity index is 1.75.